The van der Waals surface area contributed by atoms with Crippen molar-refractivity contribution < 1.29 is 24.3 Å². The Kier molecular flexibility index (Phi) is 13.0. The van der Waals surface area contributed by atoms with Crippen LogP contribution in [0.15, 0.2) is 90.7 Å². The van der Waals surface area contributed by atoms with Crippen molar-refractivity contribution in [3.05, 3.63) is 113 Å². The van der Waals surface area contributed by atoms with Gasteiger partial charge in [0, 0.05) is 84.0 Å². The molecule has 8 rings (SSSR count). The Morgan fingerprint density at radius 3 is 2.41 bits per heavy atom. The average Bonchev–Trinajstić information content (AvgIpc) is 3.90. The molecule has 4 amide bonds. The highest BCUT2D eigenvalue weighted by atomic mass is 35.5. The molecule has 14 nitrogen and oxygen atoms in total. The molecule has 0 aliphatic carbocycles. The molecule has 5 heterocycles. The third-order valence-corrected chi connectivity index (χ3v) is 13.2. The monoisotopic (exact) mass is 901 g/mol. The van der Waals surface area contributed by atoms with E-state index in [0.29, 0.717) is 48.1 Å². The maximum Gasteiger partial charge on any atom is 0.254 e. The van der Waals surface area contributed by atoms with Crippen LogP contribution in [0, 0.1) is 12.3 Å². The third kappa shape index (κ3) is 9.72. The van der Waals surface area contributed by atoms with Crippen LogP contribution in [-0.4, -0.2) is 116 Å². The van der Waals surface area contributed by atoms with Gasteiger partial charge in [-0.25, -0.2) is 9.97 Å². The number of pyridine rings is 2. The number of halogens is 1. The van der Waals surface area contributed by atoms with Gasteiger partial charge < -0.3 is 30.9 Å². The maximum absolute atomic E-state index is 14.3. The van der Waals surface area contributed by atoms with E-state index in [1.54, 1.807) is 40.8 Å². The summed E-state index contributed by atoms with van der Waals surface area (Å²) in [7, 11) is 0. The number of hydrogen-bond acceptors (Lipinski definition) is 11. The molecular weight excluding hydrogens is 850 g/mol. The van der Waals surface area contributed by atoms with Crippen molar-refractivity contribution in [3.8, 4) is 10.4 Å². The summed E-state index contributed by atoms with van der Waals surface area (Å²) in [5.74, 6) is -0.654. The fourth-order valence-corrected chi connectivity index (χ4v) is 9.50. The fourth-order valence-electron chi connectivity index (χ4n) is 8.50. The van der Waals surface area contributed by atoms with Gasteiger partial charge >= 0.3 is 0 Å². The van der Waals surface area contributed by atoms with Crippen molar-refractivity contribution in [3.63, 3.8) is 0 Å². The van der Waals surface area contributed by atoms with Crippen molar-refractivity contribution in [1.29, 1.82) is 0 Å². The van der Waals surface area contributed by atoms with E-state index in [1.807, 2.05) is 106 Å². The Hall–Kier alpha value is -6.00. The minimum atomic E-state index is -0.959. The normalized spacial score (nSPS) is 17.9. The van der Waals surface area contributed by atoms with E-state index in [1.165, 1.54) is 4.90 Å². The number of carbonyl (C=O) groups excluding carboxylic acids is 4. The molecule has 2 aliphatic heterocycles. The zero-order chi connectivity index (χ0) is 45.3. The summed E-state index contributed by atoms with van der Waals surface area (Å²) in [5.41, 5.74) is 5.94. The van der Waals surface area contributed by atoms with Crippen molar-refractivity contribution in [1.82, 2.24) is 40.3 Å². The number of fused-ring (bicyclic) bond motifs is 3. The number of piperazine rings is 1. The van der Waals surface area contributed by atoms with Crippen LogP contribution < -0.4 is 16.0 Å². The van der Waals surface area contributed by atoms with Crippen LogP contribution in [0.1, 0.15) is 61.8 Å². The van der Waals surface area contributed by atoms with Gasteiger partial charge in [-0.05, 0) is 66.8 Å². The van der Waals surface area contributed by atoms with E-state index in [9.17, 15) is 24.3 Å². The number of aliphatic hydroxyl groups is 1. The molecule has 3 aromatic heterocycles. The van der Waals surface area contributed by atoms with E-state index in [-0.39, 0.29) is 43.3 Å². The highest BCUT2D eigenvalue weighted by molar-refractivity contribution is 7.13. The number of nitrogens with zero attached hydrogens (tertiary/aromatic N) is 6. The molecule has 332 valence electrons. The SMILES string of the molecule is Cc1ncsc1-c1ccc([C@H](C)NC(=O)[C@@H]2C[C@@H](O)CN2C(=O)[C@@H](NC(=O)CN2CCN(C(=O)c3ccc4c(c3)nc(Nc3cccc(Cl)c3)c3ccncc34)CC2)C(C)(C)C)cc1. The smallest absolute Gasteiger partial charge is 0.254 e. The topological polar surface area (TPSA) is 173 Å². The number of hydrogen-bond donors (Lipinski definition) is 4. The van der Waals surface area contributed by atoms with E-state index in [0.717, 1.165) is 43.5 Å². The predicted molar refractivity (Wildman–Crippen MR) is 250 cm³/mol. The van der Waals surface area contributed by atoms with Gasteiger partial charge in [0.2, 0.25) is 17.7 Å². The lowest BCUT2D eigenvalue weighted by molar-refractivity contribution is -0.144. The zero-order valence-corrected chi connectivity index (χ0v) is 38.0. The Labute approximate surface area is 381 Å². The molecular formula is C48H52ClN9O5S. The summed E-state index contributed by atoms with van der Waals surface area (Å²) < 4.78 is 0. The molecule has 4 N–H and O–H groups in total. The number of rotatable bonds is 11. The van der Waals surface area contributed by atoms with Crippen molar-refractivity contribution in [2.24, 2.45) is 5.41 Å². The molecule has 64 heavy (non-hydrogen) atoms. The standard InChI is InChI=1S/C48H52ClN9O5S/c1-28(30-9-11-31(12-10-30)42-29(2)51-27-64-42)52-45(61)40-23-35(59)25-58(40)47(63)43(48(3,4)5)55-41(60)26-56-17-19-57(20-18-56)46(62)32-13-14-36-38-24-50-16-15-37(38)44(54-39(36)21-32)53-34-8-6-7-33(49)22-34/h6-16,21-22,24,27-28,35,40,43,59H,17-20,23,25-26H2,1-5H3,(H,52,61)(H,53,54)(H,55,60)/t28-,35+,40-,43+/m0/s1. The molecule has 3 aromatic carbocycles. The second-order valence-corrected chi connectivity index (χ2v) is 19.0. The average molecular weight is 903 g/mol. The molecule has 0 radical (unpaired) electrons. The fraction of sp³-hybridized carbons (Fsp3) is 0.354. The lowest BCUT2D eigenvalue weighted by Crippen LogP contribution is -2.59. The number of thiazole rings is 1. The first-order valence-electron chi connectivity index (χ1n) is 21.4. The minimum absolute atomic E-state index is 0.0191. The highest BCUT2D eigenvalue weighted by Crippen LogP contribution is 2.33. The number of β-amino-alcohol motifs (C(OH)–C–C–N with tert-alkyl or cyclic N) is 1. The molecule has 0 saturated carbocycles. The first-order chi connectivity index (χ1) is 30.6. The number of nitrogens with one attached hydrogen (secondary N) is 3. The molecule has 0 unspecified atom stereocenters. The maximum atomic E-state index is 14.3. The summed E-state index contributed by atoms with van der Waals surface area (Å²) >= 11 is 7.82. The number of aryl methyl sites for hydroxylation is 1. The van der Waals surface area contributed by atoms with Crippen LogP contribution in [0.25, 0.3) is 32.1 Å². The van der Waals surface area contributed by atoms with Crippen LogP contribution in [0.3, 0.4) is 0 Å². The van der Waals surface area contributed by atoms with Crippen LogP contribution in [-0.2, 0) is 14.4 Å². The molecule has 0 bridgehead atoms. The highest BCUT2D eigenvalue weighted by Gasteiger charge is 2.45. The summed E-state index contributed by atoms with van der Waals surface area (Å²) in [6.07, 6.45) is 2.72. The van der Waals surface area contributed by atoms with Crippen LogP contribution in [0.2, 0.25) is 5.02 Å². The van der Waals surface area contributed by atoms with E-state index < -0.39 is 29.5 Å². The summed E-state index contributed by atoms with van der Waals surface area (Å²) in [6.45, 7) is 11.2. The van der Waals surface area contributed by atoms with Gasteiger partial charge in [-0.15, -0.1) is 11.3 Å². The van der Waals surface area contributed by atoms with Gasteiger partial charge in [-0.2, -0.15) is 0 Å². The largest absolute Gasteiger partial charge is 0.391 e. The Morgan fingerprint density at radius 2 is 1.70 bits per heavy atom. The number of aromatic nitrogens is 3. The van der Waals surface area contributed by atoms with Crippen molar-refractivity contribution in [2.45, 2.75) is 65.3 Å². The van der Waals surface area contributed by atoms with Gasteiger partial charge in [0.05, 0.1) is 40.3 Å². The summed E-state index contributed by atoms with van der Waals surface area (Å²) in [5, 5.41) is 23.3. The molecule has 2 aliphatic rings. The van der Waals surface area contributed by atoms with Crippen LogP contribution in [0.4, 0.5) is 11.5 Å². The molecule has 0 spiro atoms. The zero-order valence-electron chi connectivity index (χ0n) is 36.5. The quantitative estimate of drug-likeness (QED) is 0.102. The van der Waals surface area contributed by atoms with Gasteiger partial charge in [0.15, 0.2) is 0 Å². The van der Waals surface area contributed by atoms with Crippen molar-refractivity contribution >= 4 is 79.7 Å². The first kappa shape index (κ1) is 44.6. The number of carbonyl (C=O) groups is 4. The van der Waals surface area contributed by atoms with Crippen LogP contribution in [0.5, 0.6) is 0 Å². The van der Waals surface area contributed by atoms with E-state index in [2.05, 4.69) is 25.9 Å². The molecule has 2 saturated heterocycles. The molecule has 6 aromatic rings. The molecule has 4 atom stereocenters. The Bertz CT molecular complexity index is 2710. The summed E-state index contributed by atoms with van der Waals surface area (Å²) in [6, 6.07) is 20.5. The second-order valence-electron chi connectivity index (χ2n) is 17.7. The number of likely N-dealkylation sites (tertiary alicyclic amines) is 1. The van der Waals surface area contributed by atoms with Gasteiger partial charge in [-0.3, -0.25) is 29.1 Å². The lowest BCUT2D eigenvalue weighted by Gasteiger charge is -2.37. The molecule has 16 heteroatoms. The summed E-state index contributed by atoms with van der Waals surface area (Å²) in [4.78, 5) is 75.4. The van der Waals surface area contributed by atoms with Crippen molar-refractivity contribution in [2.75, 3.05) is 44.6 Å². The van der Waals surface area contributed by atoms with Gasteiger partial charge in [-0.1, -0.05) is 68.8 Å². The van der Waals surface area contributed by atoms with E-state index in [4.69, 9.17) is 16.6 Å². The predicted octanol–water partition coefficient (Wildman–Crippen LogP) is 6.74. The Morgan fingerprint density at radius 1 is 0.938 bits per heavy atom. The Balaban J connectivity index is 0.878. The number of anilines is 2. The van der Waals surface area contributed by atoms with Crippen LogP contribution >= 0.6 is 22.9 Å². The number of amides is 4. The number of benzene rings is 3. The number of aliphatic hydroxyl groups excluding tert-OH is 1. The van der Waals surface area contributed by atoms with Gasteiger partial charge in [0.1, 0.15) is 17.9 Å². The van der Waals surface area contributed by atoms with E-state index >= 15 is 0 Å². The second kappa shape index (κ2) is 18.6. The van der Waals surface area contributed by atoms with Gasteiger partial charge in [0.25, 0.3) is 5.91 Å². The molecule has 2 fully saturated rings. The first-order valence-corrected chi connectivity index (χ1v) is 22.7. The third-order valence-electron chi connectivity index (χ3n) is 12.0. The lowest BCUT2D eigenvalue weighted by atomic mass is 9.85. The minimum Gasteiger partial charge on any atom is -0.391 e.